The average molecular weight is 465 g/mol. The lowest BCUT2D eigenvalue weighted by atomic mass is 9.98. The van der Waals surface area contributed by atoms with Crippen LogP contribution in [0.4, 0.5) is 0 Å². The van der Waals surface area contributed by atoms with Crippen molar-refractivity contribution in [3.05, 3.63) is 60.2 Å². The number of carbonyl (C=O) groups excluding carboxylic acids is 1. The summed E-state index contributed by atoms with van der Waals surface area (Å²) in [6.07, 6.45) is 4.22. The summed E-state index contributed by atoms with van der Waals surface area (Å²) >= 11 is 1.48. The highest BCUT2D eigenvalue weighted by atomic mass is 32.2. The number of aryl methyl sites for hydroxylation is 1. The first-order valence-electron chi connectivity index (χ1n) is 11.6. The molecule has 0 spiro atoms. The number of rotatable bonds is 8. The van der Waals surface area contributed by atoms with E-state index in [-0.39, 0.29) is 5.91 Å². The smallest absolute Gasteiger partial charge is 0.233 e. The summed E-state index contributed by atoms with van der Waals surface area (Å²) in [6.45, 7) is 5.05. The summed E-state index contributed by atoms with van der Waals surface area (Å²) in [4.78, 5) is 15.1. The van der Waals surface area contributed by atoms with Gasteiger partial charge in [-0.25, -0.2) is 0 Å². The number of hydrogen-bond acceptors (Lipinski definition) is 5. The highest BCUT2D eigenvalue weighted by Gasteiger charge is 2.29. The van der Waals surface area contributed by atoms with Crippen LogP contribution in [0.1, 0.15) is 38.7 Å². The molecule has 1 saturated heterocycles. The molecule has 1 aliphatic rings. The number of aromatic nitrogens is 3. The van der Waals surface area contributed by atoms with Crippen molar-refractivity contribution in [3.63, 3.8) is 0 Å². The first-order chi connectivity index (χ1) is 16.1. The van der Waals surface area contributed by atoms with Crippen molar-refractivity contribution in [2.24, 2.45) is 0 Å². The Labute approximate surface area is 200 Å². The van der Waals surface area contributed by atoms with Gasteiger partial charge < -0.3 is 14.2 Å². The molecule has 1 amide bonds. The van der Waals surface area contributed by atoms with Crippen LogP contribution in [0.25, 0.3) is 11.4 Å². The number of nitrogens with zero attached hydrogens (tertiary/aromatic N) is 4. The second-order valence-corrected chi connectivity index (χ2v) is 9.58. The standard InChI is InChI=1S/C26H32N4O2S/c1-19-8-7-9-20(2)30(19)24(31)18-33-26-28-27-25(22-12-14-23(32-3)15-13-22)29(26)17-16-21-10-5-4-6-11-21/h4-6,10-15,19-20H,7-9,16-18H2,1-3H3. The van der Waals surface area contributed by atoms with Gasteiger partial charge in [0.05, 0.1) is 12.9 Å². The van der Waals surface area contributed by atoms with Crippen LogP contribution in [0.3, 0.4) is 0 Å². The molecular formula is C26H32N4O2S. The van der Waals surface area contributed by atoms with E-state index in [0.717, 1.165) is 48.1 Å². The monoisotopic (exact) mass is 464 g/mol. The molecule has 1 aromatic heterocycles. The minimum atomic E-state index is 0.184. The van der Waals surface area contributed by atoms with E-state index in [9.17, 15) is 4.79 Å². The van der Waals surface area contributed by atoms with E-state index in [1.54, 1.807) is 7.11 Å². The highest BCUT2D eigenvalue weighted by Crippen LogP contribution is 2.28. The van der Waals surface area contributed by atoms with Crippen LogP contribution in [0.5, 0.6) is 5.75 Å². The summed E-state index contributed by atoms with van der Waals surface area (Å²) < 4.78 is 7.43. The summed E-state index contributed by atoms with van der Waals surface area (Å²) in [5.74, 6) is 2.17. The van der Waals surface area contributed by atoms with Crippen LogP contribution in [-0.4, -0.2) is 50.5 Å². The highest BCUT2D eigenvalue weighted by molar-refractivity contribution is 7.99. The largest absolute Gasteiger partial charge is 0.497 e. The van der Waals surface area contributed by atoms with E-state index in [4.69, 9.17) is 4.74 Å². The summed E-state index contributed by atoms with van der Waals surface area (Å²) in [5.41, 5.74) is 2.24. The molecule has 1 fully saturated rings. The molecule has 2 atom stereocenters. The Kier molecular flexibility index (Phi) is 7.70. The SMILES string of the molecule is COc1ccc(-c2nnc(SCC(=O)N3C(C)CCCC3C)n2CCc2ccccc2)cc1. The summed E-state index contributed by atoms with van der Waals surface area (Å²) in [7, 11) is 1.66. The van der Waals surface area contributed by atoms with E-state index >= 15 is 0 Å². The fraction of sp³-hybridized carbons (Fsp3) is 0.423. The molecule has 2 heterocycles. The average Bonchev–Trinajstić information content (AvgIpc) is 3.24. The number of amides is 1. The molecule has 0 radical (unpaired) electrons. The van der Waals surface area contributed by atoms with Crippen molar-refractivity contribution >= 4 is 17.7 Å². The maximum Gasteiger partial charge on any atom is 0.233 e. The van der Waals surface area contributed by atoms with Gasteiger partial charge in [0.15, 0.2) is 11.0 Å². The third kappa shape index (κ3) is 5.58. The van der Waals surface area contributed by atoms with Gasteiger partial charge >= 0.3 is 0 Å². The van der Waals surface area contributed by atoms with Gasteiger partial charge in [-0.05, 0) is 69.4 Å². The Bertz CT molecular complexity index is 1040. The van der Waals surface area contributed by atoms with Crippen molar-refractivity contribution in [2.75, 3.05) is 12.9 Å². The number of benzene rings is 2. The first-order valence-corrected chi connectivity index (χ1v) is 12.6. The van der Waals surface area contributed by atoms with Gasteiger partial charge in [-0.15, -0.1) is 10.2 Å². The van der Waals surface area contributed by atoms with Crippen molar-refractivity contribution in [1.82, 2.24) is 19.7 Å². The Hall–Kier alpha value is -2.80. The molecule has 174 valence electrons. The zero-order valence-electron chi connectivity index (χ0n) is 19.6. The minimum absolute atomic E-state index is 0.184. The van der Waals surface area contributed by atoms with Crippen molar-refractivity contribution in [3.8, 4) is 17.1 Å². The fourth-order valence-corrected chi connectivity index (χ4v) is 5.38. The molecule has 3 aromatic rings. The van der Waals surface area contributed by atoms with Crippen molar-refractivity contribution < 1.29 is 9.53 Å². The van der Waals surface area contributed by atoms with Crippen LogP contribution in [0.2, 0.25) is 0 Å². The molecule has 0 N–H and O–H groups in total. The van der Waals surface area contributed by atoms with Crippen LogP contribution < -0.4 is 4.74 Å². The lowest BCUT2D eigenvalue weighted by molar-refractivity contribution is -0.134. The maximum atomic E-state index is 13.1. The van der Waals surface area contributed by atoms with Gasteiger partial charge in [0.2, 0.25) is 5.91 Å². The Morgan fingerprint density at radius 1 is 1.03 bits per heavy atom. The van der Waals surface area contributed by atoms with Gasteiger partial charge in [0.25, 0.3) is 0 Å². The maximum absolute atomic E-state index is 13.1. The summed E-state index contributed by atoms with van der Waals surface area (Å²) in [6, 6.07) is 18.9. The second kappa shape index (κ2) is 10.9. The van der Waals surface area contributed by atoms with Crippen LogP contribution in [0.15, 0.2) is 59.8 Å². The molecule has 2 aromatic carbocycles. The van der Waals surface area contributed by atoms with Crippen molar-refractivity contribution in [1.29, 1.82) is 0 Å². The fourth-order valence-electron chi connectivity index (χ4n) is 4.55. The topological polar surface area (TPSA) is 60.3 Å². The van der Waals surface area contributed by atoms with Gasteiger partial charge in [-0.1, -0.05) is 42.1 Å². The van der Waals surface area contributed by atoms with Crippen LogP contribution >= 0.6 is 11.8 Å². The van der Waals surface area contributed by atoms with Gasteiger partial charge in [0, 0.05) is 24.2 Å². The molecule has 2 unspecified atom stereocenters. The number of carbonyl (C=O) groups is 1. The molecule has 7 heteroatoms. The van der Waals surface area contributed by atoms with E-state index in [1.165, 1.54) is 23.7 Å². The van der Waals surface area contributed by atoms with Gasteiger partial charge in [-0.3, -0.25) is 4.79 Å². The predicted molar refractivity (Wildman–Crippen MR) is 133 cm³/mol. The Morgan fingerprint density at radius 3 is 2.39 bits per heavy atom. The normalized spacial score (nSPS) is 18.3. The number of likely N-dealkylation sites (tertiary alicyclic amines) is 1. The Morgan fingerprint density at radius 2 is 1.73 bits per heavy atom. The second-order valence-electron chi connectivity index (χ2n) is 8.64. The third-order valence-corrected chi connectivity index (χ3v) is 7.29. The number of methoxy groups -OCH3 is 1. The minimum Gasteiger partial charge on any atom is -0.497 e. The molecule has 4 rings (SSSR count). The number of ether oxygens (including phenoxy) is 1. The number of hydrogen-bond donors (Lipinski definition) is 0. The van der Waals surface area contributed by atoms with Gasteiger partial charge in [0.1, 0.15) is 5.75 Å². The lowest BCUT2D eigenvalue weighted by Gasteiger charge is -2.39. The molecule has 6 nitrogen and oxygen atoms in total. The Balaban J connectivity index is 1.54. The van der Waals surface area contributed by atoms with Crippen LogP contribution in [-0.2, 0) is 17.8 Å². The van der Waals surface area contributed by atoms with E-state index in [1.807, 2.05) is 30.3 Å². The van der Waals surface area contributed by atoms with Crippen molar-refractivity contribution in [2.45, 2.75) is 63.3 Å². The molecule has 0 aliphatic carbocycles. The number of thioether (sulfide) groups is 1. The molecule has 33 heavy (non-hydrogen) atoms. The molecule has 1 aliphatic heterocycles. The first kappa shape index (κ1) is 23.4. The quantitative estimate of drug-likeness (QED) is 0.435. The molecular weight excluding hydrogens is 432 g/mol. The zero-order valence-corrected chi connectivity index (χ0v) is 20.4. The molecule has 0 saturated carbocycles. The van der Waals surface area contributed by atoms with E-state index in [0.29, 0.717) is 17.8 Å². The van der Waals surface area contributed by atoms with E-state index < -0.39 is 0 Å². The molecule has 0 bridgehead atoms. The predicted octanol–water partition coefficient (Wildman–Crippen LogP) is 5.08. The summed E-state index contributed by atoms with van der Waals surface area (Å²) in [5, 5.41) is 9.76. The van der Waals surface area contributed by atoms with E-state index in [2.05, 4.69) is 57.8 Å². The lowest BCUT2D eigenvalue weighted by Crippen LogP contribution is -2.48. The third-order valence-electron chi connectivity index (χ3n) is 6.34. The van der Waals surface area contributed by atoms with Gasteiger partial charge in [-0.2, -0.15) is 0 Å². The number of piperidine rings is 1. The van der Waals surface area contributed by atoms with Crippen LogP contribution in [0, 0.1) is 0 Å². The zero-order chi connectivity index (χ0) is 23.2.